The lowest BCUT2D eigenvalue weighted by Crippen LogP contribution is -2.53. The lowest BCUT2D eigenvalue weighted by Gasteiger charge is -2.39. The third-order valence-corrected chi connectivity index (χ3v) is 7.74. The van der Waals surface area contributed by atoms with Gasteiger partial charge in [0.05, 0.1) is 42.6 Å². The van der Waals surface area contributed by atoms with E-state index in [1.54, 1.807) is 0 Å². The summed E-state index contributed by atoms with van der Waals surface area (Å²) in [5.41, 5.74) is 5.14. The minimum Gasteiger partial charge on any atom is -0.379 e. The summed E-state index contributed by atoms with van der Waals surface area (Å²) in [7, 11) is 0. The zero-order valence-corrected chi connectivity index (χ0v) is 22.1. The van der Waals surface area contributed by atoms with Gasteiger partial charge < -0.3 is 4.74 Å². The Bertz CT molecular complexity index is 1370. The molecule has 35 heavy (non-hydrogen) atoms. The van der Waals surface area contributed by atoms with Crippen LogP contribution in [0, 0.1) is 5.92 Å². The molecule has 0 unspecified atom stereocenters. The molecule has 4 aromatic rings. The number of aromatic nitrogens is 3. The van der Waals surface area contributed by atoms with Gasteiger partial charge in [-0.15, -0.1) is 5.10 Å². The number of rotatable bonds is 5. The second kappa shape index (κ2) is 9.81. The maximum absolute atomic E-state index is 5.71. The average molecular weight is 596 g/mol. The van der Waals surface area contributed by atoms with E-state index in [9.17, 15) is 0 Å². The van der Waals surface area contributed by atoms with Crippen molar-refractivity contribution in [3.63, 3.8) is 0 Å². The van der Waals surface area contributed by atoms with Crippen LogP contribution in [0.1, 0.15) is 5.56 Å². The predicted molar refractivity (Wildman–Crippen MR) is 144 cm³/mol. The molecule has 0 bridgehead atoms. The molecular weight excluding hydrogens is 572 g/mol. The first-order chi connectivity index (χ1) is 17.2. The van der Waals surface area contributed by atoms with E-state index in [2.05, 4.69) is 101 Å². The van der Waals surface area contributed by atoms with Crippen molar-refractivity contribution in [1.82, 2.24) is 19.9 Å². The molecule has 1 aromatic heterocycles. The van der Waals surface area contributed by atoms with Crippen molar-refractivity contribution in [3.8, 4) is 0 Å². The van der Waals surface area contributed by atoms with Crippen molar-refractivity contribution in [2.45, 2.75) is 12.7 Å². The Morgan fingerprint density at radius 1 is 0.914 bits per heavy atom. The number of hydrogen-bond donors (Lipinski definition) is 0. The fourth-order valence-electron chi connectivity index (χ4n) is 4.98. The average Bonchev–Trinajstić information content (AvgIpc) is 3.47. The Balaban J connectivity index is 1.48. The highest BCUT2D eigenvalue weighted by Gasteiger charge is 2.43. The predicted octanol–water partition coefficient (Wildman–Crippen LogP) is 5.16. The van der Waals surface area contributed by atoms with Crippen molar-refractivity contribution in [2.24, 2.45) is 11.0 Å². The quantitative estimate of drug-likeness (QED) is 0.319. The molecule has 3 aromatic carbocycles. The summed E-state index contributed by atoms with van der Waals surface area (Å²) in [4.78, 5) is 2.49. The van der Waals surface area contributed by atoms with Crippen LogP contribution in [0.4, 0.5) is 5.69 Å². The Hall–Kier alpha value is -2.59. The fourth-order valence-corrected chi connectivity index (χ4v) is 6.20. The highest BCUT2D eigenvalue weighted by atomic mass is 79.9. The van der Waals surface area contributed by atoms with Gasteiger partial charge in [-0.1, -0.05) is 63.6 Å². The molecule has 2 atom stereocenters. The van der Waals surface area contributed by atoms with Crippen LogP contribution in [0.2, 0.25) is 0 Å². The molecule has 9 heteroatoms. The lowest BCUT2D eigenvalue weighted by molar-refractivity contribution is 0.00942. The van der Waals surface area contributed by atoms with Gasteiger partial charge in [0.2, 0.25) is 0 Å². The number of halogens is 2. The van der Waals surface area contributed by atoms with Crippen LogP contribution in [0.5, 0.6) is 0 Å². The molecule has 0 N–H and O–H groups in total. The first kappa shape index (κ1) is 22.8. The number of anilines is 1. The molecule has 1 fully saturated rings. The van der Waals surface area contributed by atoms with E-state index in [4.69, 9.17) is 9.84 Å². The van der Waals surface area contributed by atoms with Crippen LogP contribution in [0.3, 0.4) is 0 Å². The minimum absolute atomic E-state index is 0.00884. The van der Waals surface area contributed by atoms with Crippen molar-refractivity contribution in [1.29, 1.82) is 0 Å². The largest absolute Gasteiger partial charge is 0.379 e. The number of ether oxygens (including phenoxy) is 1. The van der Waals surface area contributed by atoms with Gasteiger partial charge in [0.25, 0.3) is 0 Å². The summed E-state index contributed by atoms with van der Waals surface area (Å²) < 4.78 is 9.74. The minimum atomic E-state index is 0.00884. The van der Waals surface area contributed by atoms with Crippen LogP contribution in [-0.4, -0.2) is 58.1 Å². The summed E-state index contributed by atoms with van der Waals surface area (Å²) in [5.74, 6) is 0.0659. The number of benzene rings is 3. The zero-order chi connectivity index (χ0) is 23.8. The SMILES string of the molecule is Brc1ccc(N2N=C(c3ccccc3)[C@H](Cn3nnc4ccccc43)[C@H]2N2CCOCC2)c(Br)c1. The van der Waals surface area contributed by atoms with Gasteiger partial charge in [0.1, 0.15) is 11.7 Å². The van der Waals surface area contributed by atoms with Gasteiger partial charge in [-0.2, -0.15) is 5.10 Å². The fraction of sp³-hybridized carbons (Fsp3) is 0.269. The lowest BCUT2D eigenvalue weighted by atomic mass is 9.93. The standard InChI is InChI=1S/C26H24Br2N6O/c27-19-10-11-23(21(28)16-19)34-26(32-12-14-35-15-13-32)20(25(30-34)18-6-2-1-3-7-18)17-33-24-9-5-4-8-22(24)29-31-33/h1-11,16,20,26H,12-15,17H2/t20-,26-/m0/s1. The molecular formula is C26H24Br2N6O. The van der Waals surface area contributed by atoms with E-state index in [0.717, 1.165) is 50.0 Å². The summed E-state index contributed by atoms with van der Waals surface area (Å²) in [6.07, 6.45) is 0.00884. The van der Waals surface area contributed by atoms with Gasteiger partial charge in [-0.25, -0.2) is 9.69 Å². The molecule has 178 valence electrons. The number of hydrogen-bond acceptors (Lipinski definition) is 6. The molecule has 0 saturated carbocycles. The maximum Gasteiger partial charge on any atom is 0.115 e. The first-order valence-corrected chi connectivity index (χ1v) is 13.3. The molecule has 7 nitrogen and oxygen atoms in total. The maximum atomic E-state index is 5.71. The molecule has 6 rings (SSSR count). The van der Waals surface area contributed by atoms with E-state index >= 15 is 0 Å². The Morgan fingerprint density at radius 3 is 2.49 bits per heavy atom. The first-order valence-electron chi connectivity index (χ1n) is 11.7. The molecule has 2 aliphatic rings. The molecule has 0 amide bonds. The molecule has 3 heterocycles. The van der Waals surface area contributed by atoms with Gasteiger partial charge in [-0.3, -0.25) is 4.90 Å². The highest BCUT2D eigenvalue weighted by Crippen LogP contribution is 2.39. The van der Waals surface area contributed by atoms with E-state index in [-0.39, 0.29) is 12.1 Å². The summed E-state index contributed by atoms with van der Waals surface area (Å²) in [6.45, 7) is 3.79. The third-order valence-electron chi connectivity index (χ3n) is 6.61. The normalized spacial score (nSPS) is 21.0. The van der Waals surface area contributed by atoms with Gasteiger partial charge >= 0.3 is 0 Å². The Kier molecular flexibility index (Phi) is 6.40. The number of morpholine rings is 1. The second-order valence-electron chi connectivity index (χ2n) is 8.72. The van der Waals surface area contributed by atoms with E-state index in [1.165, 1.54) is 0 Å². The summed E-state index contributed by atoms with van der Waals surface area (Å²) in [6, 6.07) is 24.8. The zero-order valence-electron chi connectivity index (χ0n) is 19.0. The van der Waals surface area contributed by atoms with Crippen LogP contribution < -0.4 is 5.01 Å². The van der Waals surface area contributed by atoms with Crippen LogP contribution in [-0.2, 0) is 11.3 Å². The van der Waals surface area contributed by atoms with Crippen LogP contribution in [0.25, 0.3) is 11.0 Å². The number of hydrazone groups is 1. The van der Waals surface area contributed by atoms with Gasteiger partial charge in [0, 0.05) is 22.0 Å². The van der Waals surface area contributed by atoms with Gasteiger partial charge in [0.15, 0.2) is 0 Å². The third kappa shape index (κ3) is 4.42. The molecule has 0 aliphatic carbocycles. The number of para-hydroxylation sites is 1. The summed E-state index contributed by atoms with van der Waals surface area (Å²) >= 11 is 7.38. The summed E-state index contributed by atoms with van der Waals surface area (Å²) in [5, 5.41) is 16.4. The Morgan fingerprint density at radius 2 is 1.69 bits per heavy atom. The van der Waals surface area contributed by atoms with Crippen LogP contribution >= 0.6 is 31.9 Å². The molecule has 2 aliphatic heterocycles. The topological polar surface area (TPSA) is 58.8 Å². The molecule has 0 spiro atoms. The smallest absolute Gasteiger partial charge is 0.115 e. The van der Waals surface area contributed by atoms with Crippen LogP contribution in [0.15, 0.2) is 86.8 Å². The van der Waals surface area contributed by atoms with Crippen molar-refractivity contribution in [3.05, 3.63) is 87.3 Å². The van der Waals surface area contributed by atoms with Crippen molar-refractivity contribution >= 4 is 54.3 Å². The van der Waals surface area contributed by atoms with E-state index < -0.39 is 0 Å². The van der Waals surface area contributed by atoms with Gasteiger partial charge in [-0.05, 0) is 51.8 Å². The van der Waals surface area contributed by atoms with E-state index in [1.807, 2.05) is 28.9 Å². The van der Waals surface area contributed by atoms with E-state index in [0.29, 0.717) is 19.8 Å². The van der Waals surface area contributed by atoms with Crippen molar-refractivity contribution < 1.29 is 4.74 Å². The number of fused-ring (bicyclic) bond motifs is 1. The highest BCUT2D eigenvalue weighted by molar-refractivity contribution is 9.11. The Labute approximate surface area is 220 Å². The molecule has 1 saturated heterocycles. The monoisotopic (exact) mass is 594 g/mol. The van der Waals surface area contributed by atoms with Crippen molar-refractivity contribution in [2.75, 3.05) is 31.3 Å². The second-order valence-corrected chi connectivity index (χ2v) is 10.5. The number of nitrogens with zero attached hydrogens (tertiary/aromatic N) is 6. The molecule has 0 radical (unpaired) electrons.